The quantitative estimate of drug-likeness (QED) is 0.483. The standard InChI is InChI=1S/C27H24BF2N3O4S/c28-27(16-5-6-18(29)22(30)15(16)12-38-20-4-2-1-3-17(20)27)33-21-11-26(13-37-14-26)8-10-31(21)25(36)23-24(35)19(34)7-9-32(23)33/h1-7,9,21,35H,8,10-14,28H2/t21-,27-/m1/s1. The number of aromatic nitrogens is 1. The van der Waals surface area contributed by atoms with E-state index in [9.17, 15) is 19.1 Å². The molecule has 11 heteroatoms. The summed E-state index contributed by atoms with van der Waals surface area (Å²) in [6, 6.07) is 11.7. The smallest absolute Gasteiger partial charge is 0.278 e. The van der Waals surface area contributed by atoms with Gasteiger partial charge in [0.2, 0.25) is 5.43 Å². The Morgan fingerprint density at radius 3 is 2.63 bits per heavy atom. The second-order valence-electron chi connectivity index (χ2n) is 10.7. The van der Waals surface area contributed by atoms with Gasteiger partial charge in [0.05, 0.1) is 18.7 Å². The zero-order chi connectivity index (χ0) is 26.4. The minimum absolute atomic E-state index is 0.107. The third kappa shape index (κ3) is 3.05. The van der Waals surface area contributed by atoms with Crippen LogP contribution >= 0.6 is 11.8 Å². The molecular weight excluding hydrogens is 511 g/mol. The van der Waals surface area contributed by atoms with Crippen LogP contribution in [0, 0.1) is 17.0 Å². The van der Waals surface area contributed by atoms with Gasteiger partial charge in [-0.15, -0.1) is 11.8 Å². The van der Waals surface area contributed by atoms with Crippen molar-refractivity contribution in [2.75, 3.05) is 24.8 Å². The SMILES string of the molecule is B[C@]1(N2[C@@H]3CC4(CCN3C(=O)c3c(O)c(=O)ccn32)COC4)c2ccccc2SCc2c1ccc(F)c2F. The first-order chi connectivity index (χ1) is 18.2. The molecular formula is C27H24BF2N3O4S. The van der Waals surface area contributed by atoms with Crippen molar-refractivity contribution < 1.29 is 23.4 Å². The molecule has 2 fully saturated rings. The second-order valence-corrected chi connectivity index (χ2v) is 11.8. The predicted octanol–water partition coefficient (Wildman–Crippen LogP) is 2.50. The van der Waals surface area contributed by atoms with Crippen LogP contribution in [0.4, 0.5) is 8.78 Å². The summed E-state index contributed by atoms with van der Waals surface area (Å²) >= 11 is 1.43. The van der Waals surface area contributed by atoms with E-state index in [4.69, 9.17) is 4.74 Å². The van der Waals surface area contributed by atoms with Crippen molar-refractivity contribution >= 4 is 25.5 Å². The fourth-order valence-corrected chi connectivity index (χ4v) is 7.81. The Hall–Kier alpha value is -3.31. The number of thioether (sulfide) groups is 1. The molecule has 2 aromatic carbocycles. The topological polar surface area (TPSA) is 75.0 Å². The number of benzene rings is 2. The van der Waals surface area contributed by atoms with Crippen LogP contribution in [-0.2, 0) is 15.9 Å². The average Bonchev–Trinajstić information content (AvgIpc) is 3.02. The number of carbonyl (C=O) groups is 1. The molecule has 2 atom stereocenters. The number of carbonyl (C=O) groups excluding carboxylic acids is 1. The van der Waals surface area contributed by atoms with E-state index < -0.39 is 40.3 Å². The Morgan fingerprint density at radius 2 is 1.87 bits per heavy atom. The lowest BCUT2D eigenvalue weighted by atomic mass is 9.64. The van der Waals surface area contributed by atoms with Crippen LogP contribution in [0.5, 0.6) is 5.75 Å². The molecule has 4 aliphatic rings. The maximum absolute atomic E-state index is 15.4. The van der Waals surface area contributed by atoms with Crippen LogP contribution in [-0.4, -0.2) is 54.4 Å². The highest BCUT2D eigenvalue weighted by Gasteiger charge is 2.56. The Balaban J connectivity index is 1.56. The van der Waals surface area contributed by atoms with Gasteiger partial charge in [-0.05, 0) is 36.1 Å². The number of hydrogen-bond acceptors (Lipinski definition) is 6. The Bertz CT molecular complexity index is 1580. The van der Waals surface area contributed by atoms with Crippen molar-refractivity contribution in [1.29, 1.82) is 0 Å². The number of piperidine rings is 1. The normalized spacial score (nSPS) is 25.1. The van der Waals surface area contributed by atoms with Crippen molar-refractivity contribution in [2.45, 2.75) is 35.1 Å². The molecule has 0 radical (unpaired) electrons. The highest BCUT2D eigenvalue weighted by atomic mass is 32.2. The van der Waals surface area contributed by atoms with Gasteiger partial charge in [-0.1, -0.05) is 24.3 Å². The number of hydrogen-bond donors (Lipinski definition) is 1. The minimum Gasteiger partial charge on any atom is -0.502 e. The summed E-state index contributed by atoms with van der Waals surface area (Å²) in [5, 5.41) is 12.8. The van der Waals surface area contributed by atoms with E-state index in [1.165, 1.54) is 24.0 Å². The maximum Gasteiger partial charge on any atom is 0.278 e. The molecule has 7 nitrogen and oxygen atoms in total. The molecule has 1 amide bonds. The van der Waals surface area contributed by atoms with Crippen LogP contribution in [0.25, 0.3) is 0 Å². The van der Waals surface area contributed by atoms with E-state index in [0.717, 1.165) is 22.9 Å². The molecule has 4 aliphatic heterocycles. The summed E-state index contributed by atoms with van der Waals surface area (Å²) in [5.74, 6) is -2.64. The summed E-state index contributed by atoms with van der Waals surface area (Å²) < 4.78 is 37.1. The van der Waals surface area contributed by atoms with Crippen molar-refractivity contribution in [1.82, 2.24) is 9.58 Å². The molecule has 38 heavy (non-hydrogen) atoms. The predicted molar refractivity (Wildman–Crippen MR) is 140 cm³/mol. The van der Waals surface area contributed by atoms with Crippen LogP contribution < -0.4 is 10.4 Å². The Kier molecular flexibility index (Phi) is 5.07. The number of halogens is 2. The van der Waals surface area contributed by atoms with Crippen LogP contribution in [0.3, 0.4) is 0 Å². The summed E-state index contributed by atoms with van der Waals surface area (Å²) in [6.07, 6.45) is 2.34. The van der Waals surface area contributed by atoms with E-state index in [0.29, 0.717) is 31.7 Å². The molecule has 0 saturated carbocycles. The summed E-state index contributed by atoms with van der Waals surface area (Å²) in [7, 11) is 1.94. The number of pyridine rings is 1. The number of ether oxygens (including phenoxy) is 1. The van der Waals surface area contributed by atoms with Crippen molar-refractivity contribution in [2.24, 2.45) is 5.41 Å². The largest absolute Gasteiger partial charge is 0.502 e. The van der Waals surface area contributed by atoms with Gasteiger partial charge in [0.25, 0.3) is 5.91 Å². The number of rotatable bonds is 1. The van der Waals surface area contributed by atoms with Crippen LogP contribution in [0.2, 0.25) is 0 Å². The third-order valence-corrected chi connectivity index (χ3v) is 9.77. The number of nitrogens with zero attached hydrogens (tertiary/aromatic N) is 3. The van der Waals surface area contributed by atoms with Gasteiger partial charge < -0.3 is 14.7 Å². The van der Waals surface area contributed by atoms with Crippen LogP contribution in [0.15, 0.2) is 58.4 Å². The zero-order valence-corrected chi connectivity index (χ0v) is 21.4. The first-order valence-electron chi connectivity index (χ1n) is 12.6. The van der Waals surface area contributed by atoms with Crippen molar-refractivity contribution in [3.63, 3.8) is 0 Å². The summed E-state index contributed by atoms with van der Waals surface area (Å²) in [6.45, 7) is 1.59. The summed E-state index contributed by atoms with van der Waals surface area (Å²) in [5.41, 5.74) is -0.318. The molecule has 7 rings (SSSR count). The van der Waals surface area contributed by atoms with Gasteiger partial charge in [0.1, 0.15) is 14.0 Å². The van der Waals surface area contributed by atoms with Crippen molar-refractivity contribution in [3.05, 3.63) is 92.9 Å². The monoisotopic (exact) mass is 535 g/mol. The minimum atomic E-state index is -1.10. The molecule has 1 N–H and O–H groups in total. The Morgan fingerprint density at radius 1 is 1.08 bits per heavy atom. The van der Waals surface area contributed by atoms with Gasteiger partial charge in [-0.2, -0.15) is 0 Å². The van der Waals surface area contributed by atoms with Gasteiger partial charge in [0, 0.05) is 40.4 Å². The Labute approximate surface area is 222 Å². The highest BCUT2D eigenvalue weighted by molar-refractivity contribution is 7.98. The lowest BCUT2D eigenvalue weighted by Crippen LogP contribution is -2.72. The van der Waals surface area contributed by atoms with Gasteiger partial charge >= 0.3 is 0 Å². The zero-order valence-electron chi connectivity index (χ0n) is 20.6. The molecule has 0 aliphatic carbocycles. The lowest BCUT2D eigenvalue weighted by Gasteiger charge is -2.60. The molecule has 5 heterocycles. The maximum atomic E-state index is 15.4. The number of fused-ring (bicyclic) bond motifs is 4. The average molecular weight is 535 g/mol. The molecule has 1 aromatic heterocycles. The second kappa shape index (κ2) is 8.10. The highest BCUT2D eigenvalue weighted by Crippen LogP contribution is 2.50. The van der Waals surface area contributed by atoms with Crippen molar-refractivity contribution in [3.8, 4) is 5.75 Å². The molecule has 0 unspecified atom stereocenters. The van der Waals surface area contributed by atoms with Gasteiger partial charge in [-0.3, -0.25) is 19.3 Å². The number of aromatic hydroxyl groups is 1. The fourth-order valence-electron chi connectivity index (χ4n) is 6.63. The van der Waals surface area contributed by atoms with E-state index in [2.05, 4.69) is 0 Å². The molecule has 0 bridgehead atoms. The van der Waals surface area contributed by atoms with E-state index in [1.807, 2.05) is 37.1 Å². The first-order valence-corrected chi connectivity index (χ1v) is 13.6. The fraction of sp³-hybridized carbons (Fsp3) is 0.333. The van der Waals surface area contributed by atoms with E-state index in [-0.39, 0.29) is 22.4 Å². The van der Waals surface area contributed by atoms with Gasteiger partial charge in [0.15, 0.2) is 23.1 Å². The van der Waals surface area contributed by atoms with E-state index >= 15 is 4.39 Å². The lowest BCUT2D eigenvalue weighted by molar-refractivity contribution is -0.150. The first kappa shape index (κ1) is 23.8. The summed E-state index contributed by atoms with van der Waals surface area (Å²) in [4.78, 5) is 28.9. The molecule has 1 spiro atoms. The molecule has 3 aromatic rings. The number of amides is 1. The molecule has 194 valence electrons. The third-order valence-electron chi connectivity index (χ3n) is 8.67. The van der Waals surface area contributed by atoms with E-state index in [1.54, 1.807) is 15.6 Å². The van der Waals surface area contributed by atoms with Crippen LogP contribution in [0.1, 0.15) is 40.0 Å². The molecule has 2 saturated heterocycles. The van der Waals surface area contributed by atoms with Gasteiger partial charge in [-0.25, -0.2) is 8.78 Å².